The molecule has 0 aliphatic heterocycles. The van der Waals surface area contributed by atoms with E-state index in [1.807, 2.05) is 0 Å². The predicted molar refractivity (Wildman–Crippen MR) is 52.9 cm³/mol. The molecular weight excluding hydrogens is 178 g/mol. The molecule has 2 atom stereocenters. The van der Waals surface area contributed by atoms with E-state index in [4.69, 9.17) is 5.11 Å². The van der Waals surface area contributed by atoms with Crippen LogP contribution in [0.5, 0.6) is 0 Å². The Morgan fingerprint density at radius 3 is 2.57 bits per heavy atom. The van der Waals surface area contributed by atoms with Gasteiger partial charge in [-0.2, -0.15) is 0 Å². The minimum Gasteiger partial charge on any atom is -0.388 e. The highest BCUT2D eigenvalue weighted by Crippen LogP contribution is 2.46. The molecule has 4 heteroatoms. The average Bonchev–Trinajstić information content (AvgIpc) is 2.72. The fourth-order valence-corrected chi connectivity index (χ4v) is 1.94. The minimum atomic E-state index is -0.0215. The molecule has 0 aromatic carbocycles. The number of hydrogen-bond acceptors (Lipinski definition) is 3. The lowest BCUT2D eigenvalue weighted by molar-refractivity contribution is 0.261. The number of rotatable bonds is 3. The molecule has 1 aromatic rings. The van der Waals surface area contributed by atoms with E-state index in [0.29, 0.717) is 17.8 Å². The maximum absolute atomic E-state index is 9.13. The maximum Gasteiger partial charge on any atom is 0.159 e. The molecule has 0 bridgehead atoms. The lowest BCUT2D eigenvalue weighted by Gasteiger charge is -2.12. The van der Waals surface area contributed by atoms with Crippen LogP contribution in [0.25, 0.3) is 0 Å². The van der Waals surface area contributed by atoms with Gasteiger partial charge in [0.05, 0.1) is 0 Å². The van der Waals surface area contributed by atoms with E-state index in [2.05, 4.69) is 35.5 Å². The summed E-state index contributed by atoms with van der Waals surface area (Å²) in [6.07, 6.45) is 1.20. The van der Waals surface area contributed by atoms with E-state index in [9.17, 15) is 0 Å². The summed E-state index contributed by atoms with van der Waals surface area (Å²) in [5.74, 6) is 3.03. The average molecular weight is 195 g/mol. The first kappa shape index (κ1) is 9.65. The van der Waals surface area contributed by atoms with Crippen molar-refractivity contribution in [2.45, 2.75) is 45.8 Å². The quantitative estimate of drug-likeness (QED) is 0.794. The van der Waals surface area contributed by atoms with Gasteiger partial charge in [-0.1, -0.05) is 6.92 Å². The van der Waals surface area contributed by atoms with Gasteiger partial charge in [0.1, 0.15) is 12.4 Å². The largest absolute Gasteiger partial charge is 0.388 e. The zero-order valence-corrected chi connectivity index (χ0v) is 8.94. The molecule has 0 spiro atoms. The van der Waals surface area contributed by atoms with Crippen molar-refractivity contribution in [3.8, 4) is 0 Å². The summed E-state index contributed by atoms with van der Waals surface area (Å²) >= 11 is 0. The lowest BCUT2D eigenvalue weighted by atomic mass is 10.3. The third kappa shape index (κ3) is 1.43. The highest BCUT2D eigenvalue weighted by Gasteiger charge is 2.39. The van der Waals surface area contributed by atoms with Crippen LogP contribution < -0.4 is 0 Å². The Bertz CT molecular complexity index is 332. The van der Waals surface area contributed by atoms with Gasteiger partial charge in [-0.3, -0.25) is 0 Å². The molecule has 1 aromatic heterocycles. The molecule has 1 heterocycles. The van der Waals surface area contributed by atoms with Crippen LogP contribution in [0.15, 0.2) is 0 Å². The van der Waals surface area contributed by atoms with Crippen molar-refractivity contribution in [3.05, 3.63) is 11.6 Å². The van der Waals surface area contributed by atoms with Gasteiger partial charge in [-0.15, -0.1) is 10.2 Å². The molecule has 0 amide bonds. The Kier molecular flexibility index (Phi) is 2.31. The number of aliphatic hydroxyl groups is 1. The van der Waals surface area contributed by atoms with Crippen LogP contribution in [-0.4, -0.2) is 19.9 Å². The van der Waals surface area contributed by atoms with E-state index in [1.54, 1.807) is 0 Å². The Balaban J connectivity index is 2.35. The van der Waals surface area contributed by atoms with Crippen LogP contribution in [-0.2, 0) is 6.61 Å². The van der Waals surface area contributed by atoms with E-state index in [1.165, 1.54) is 6.42 Å². The maximum atomic E-state index is 9.13. The van der Waals surface area contributed by atoms with Crippen molar-refractivity contribution >= 4 is 0 Å². The number of nitrogens with zero attached hydrogens (tertiary/aromatic N) is 3. The fourth-order valence-electron chi connectivity index (χ4n) is 1.94. The molecule has 2 unspecified atom stereocenters. The summed E-state index contributed by atoms with van der Waals surface area (Å²) in [6, 6.07) is 0.329. The van der Waals surface area contributed by atoms with E-state index >= 15 is 0 Å². The molecule has 0 radical (unpaired) electrons. The molecule has 1 saturated carbocycles. The third-order valence-corrected chi connectivity index (χ3v) is 2.89. The van der Waals surface area contributed by atoms with Crippen LogP contribution in [0.1, 0.15) is 50.8 Å². The summed E-state index contributed by atoms with van der Waals surface area (Å²) < 4.78 is 2.06. The molecule has 4 nitrogen and oxygen atoms in total. The molecule has 0 saturated heterocycles. The Morgan fingerprint density at radius 1 is 1.50 bits per heavy atom. The number of aliphatic hydroxyl groups excluding tert-OH is 1. The summed E-state index contributed by atoms with van der Waals surface area (Å²) in [4.78, 5) is 0. The van der Waals surface area contributed by atoms with Gasteiger partial charge in [0.2, 0.25) is 0 Å². The summed E-state index contributed by atoms with van der Waals surface area (Å²) in [5.41, 5.74) is 0. The third-order valence-electron chi connectivity index (χ3n) is 2.89. The minimum absolute atomic E-state index is 0.0215. The molecular formula is C10H17N3O. The van der Waals surface area contributed by atoms with Crippen LogP contribution in [0.2, 0.25) is 0 Å². The lowest BCUT2D eigenvalue weighted by Crippen LogP contribution is -2.10. The van der Waals surface area contributed by atoms with Gasteiger partial charge in [0.25, 0.3) is 0 Å². The second kappa shape index (κ2) is 3.35. The van der Waals surface area contributed by atoms with Gasteiger partial charge >= 0.3 is 0 Å². The first-order valence-corrected chi connectivity index (χ1v) is 5.19. The van der Waals surface area contributed by atoms with E-state index < -0.39 is 0 Å². The van der Waals surface area contributed by atoms with Crippen molar-refractivity contribution in [2.75, 3.05) is 0 Å². The highest BCUT2D eigenvalue weighted by atomic mass is 16.3. The van der Waals surface area contributed by atoms with E-state index in [0.717, 1.165) is 11.7 Å². The topological polar surface area (TPSA) is 50.9 Å². The smallest absolute Gasteiger partial charge is 0.159 e. The van der Waals surface area contributed by atoms with Crippen molar-refractivity contribution in [1.29, 1.82) is 0 Å². The Labute approximate surface area is 84.0 Å². The first-order chi connectivity index (χ1) is 6.65. The molecule has 1 fully saturated rings. The number of aromatic nitrogens is 3. The Hall–Kier alpha value is -0.900. The summed E-state index contributed by atoms with van der Waals surface area (Å²) in [5, 5.41) is 17.3. The van der Waals surface area contributed by atoms with Crippen LogP contribution in [0.3, 0.4) is 0 Å². The first-order valence-electron chi connectivity index (χ1n) is 5.19. The standard InChI is InChI=1S/C10H17N3O/c1-6(2)13-9(5-14)11-12-10(13)8-4-7(8)3/h6-8,14H,4-5H2,1-3H3. The van der Waals surface area contributed by atoms with Gasteiger partial charge in [0, 0.05) is 12.0 Å². The zero-order valence-electron chi connectivity index (χ0n) is 8.94. The fraction of sp³-hybridized carbons (Fsp3) is 0.800. The monoisotopic (exact) mass is 195 g/mol. The predicted octanol–water partition coefficient (Wildman–Crippen LogP) is 1.47. The zero-order chi connectivity index (χ0) is 10.3. The summed E-state index contributed by atoms with van der Waals surface area (Å²) in [7, 11) is 0. The van der Waals surface area contributed by atoms with Crippen molar-refractivity contribution in [2.24, 2.45) is 5.92 Å². The summed E-state index contributed by atoms with van der Waals surface area (Å²) in [6.45, 7) is 6.40. The molecule has 1 aliphatic carbocycles. The molecule has 2 rings (SSSR count). The number of hydrogen-bond donors (Lipinski definition) is 1. The Morgan fingerprint density at radius 2 is 2.14 bits per heavy atom. The van der Waals surface area contributed by atoms with Gasteiger partial charge in [-0.05, 0) is 26.2 Å². The molecule has 14 heavy (non-hydrogen) atoms. The second-order valence-corrected chi connectivity index (χ2v) is 4.42. The van der Waals surface area contributed by atoms with Crippen LogP contribution in [0.4, 0.5) is 0 Å². The molecule has 1 aliphatic rings. The van der Waals surface area contributed by atoms with Crippen molar-refractivity contribution in [3.63, 3.8) is 0 Å². The van der Waals surface area contributed by atoms with Gasteiger partial charge in [0.15, 0.2) is 5.82 Å². The second-order valence-electron chi connectivity index (χ2n) is 4.42. The highest BCUT2D eigenvalue weighted by molar-refractivity contribution is 5.12. The molecule has 78 valence electrons. The van der Waals surface area contributed by atoms with Crippen molar-refractivity contribution < 1.29 is 5.11 Å². The SMILES string of the molecule is CC1CC1c1nnc(CO)n1C(C)C. The van der Waals surface area contributed by atoms with Gasteiger partial charge < -0.3 is 9.67 Å². The van der Waals surface area contributed by atoms with E-state index in [-0.39, 0.29) is 6.61 Å². The normalized spacial score (nSPS) is 25.8. The van der Waals surface area contributed by atoms with Crippen LogP contribution in [0, 0.1) is 5.92 Å². The van der Waals surface area contributed by atoms with Crippen molar-refractivity contribution in [1.82, 2.24) is 14.8 Å². The van der Waals surface area contributed by atoms with Gasteiger partial charge in [-0.25, -0.2) is 0 Å². The van der Waals surface area contributed by atoms with Crippen LogP contribution >= 0.6 is 0 Å². The molecule has 1 N–H and O–H groups in total.